The lowest BCUT2D eigenvalue weighted by atomic mass is 10.0. The van der Waals surface area contributed by atoms with E-state index in [1.165, 1.54) is 64.2 Å². The van der Waals surface area contributed by atoms with E-state index in [9.17, 15) is 9.90 Å². The van der Waals surface area contributed by atoms with Crippen LogP contribution in [0.2, 0.25) is 0 Å². The van der Waals surface area contributed by atoms with E-state index in [-0.39, 0.29) is 12.0 Å². The van der Waals surface area contributed by atoms with Crippen molar-refractivity contribution in [1.82, 2.24) is 0 Å². The molecule has 3 N–H and O–H groups in total. The Morgan fingerprint density at radius 1 is 0.900 bits per heavy atom. The molecule has 20 heavy (non-hydrogen) atoms. The van der Waals surface area contributed by atoms with Crippen LogP contribution in [0.4, 0.5) is 0 Å². The third-order valence-electron chi connectivity index (χ3n) is 4.34. The highest BCUT2D eigenvalue weighted by Crippen LogP contribution is 2.34. The van der Waals surface area contributed by atoms with Gasteiger partial charge in [0.1, 0.15) is 0 Å². The molecular weight excluding hydrogens is 250 g/mol. The predicted octanol–water partition coefficient (Wildman–Crippen LogP) is 3.92. The van der Waals surface area contributed by atoms with Gasteiger partial charge in [-0.2, -0.15) is 0 Å². The van der Waals surface area contributed by atoms with Crippen LogP contribution in [0, 0.1) is 5.92 Å². The van der Waals surface area contributed by atoms with Crippen molar-refractivity contribution in [2.24, 2.45) is 11.7 Å². The number of aliphatic hydroxyl groups excluding tert-OH is 1. The largest absolute Gasteiger partial charge is 0.393 e. The minimum Gasteiger partial charge on any atom is -0.393 e. The minimum atomic E-state index is -0.170. The summed E-state index contributed by atoms with van der Waals surface area (Å²) in [6, 6.07) is 0. The van der Waals surface area contributed by atoms with Gasteiger partial charge in [0.15, 0.2) is 0 Å². The maximum absolute atomic E-state index is 10.5. The van der Waals surface area contributed by atoms with E-state index in [4.69, 9.17) is 5.73 Å². The number of rotatable bonds is 14. The van der Waals surface area contributed by atoms with E-state index in [0.717, 1.165) is 19.3 Å². The normalized spacial score (nSPS) is 16.2. The van der Waals surface area contributed by atoms with Crippen molar-refractivity contribution in [3.8, 4) is 0 Å². The smallest absolute Gasteiger partial charge is 0.217 e. The van der Waals surface area contributed by atoms with E-state index in [2.05, 4.69) is 0 Å². The summed E-state index contributed by atoms with van der Waals surface area (Å²) in [6.45, 7) is 0. The molecule has 118 valence electrons. The van der Waals surface area contributed by atoms with Gasteiger partial charge in [0.05, 0.1) is 6.10 Å². The van der Waals surface area contributed by atoms with Crippen molar-refractivity contribution in [3.05, 3.63) is 0 Å². The van der Waals surface area contributed by atoms with Gasteiger partial charge in [-0.05, 0) is 31.6 Å². The first kappa shape index (κ1) is 17.5. The zero-order valence-electron chi connectivity index (χ0n) is 13.0. The lowest BCUT2D eigenvalue weighted by Gasteiger charge is -2.08. The van der Waals surface area contributed by atoms with Crippen LogP contribution in [-0.2, 0) is 4.79 Å². The molecule has 1 atom stereocenters. The van der Waals surface area contributed by atoms with Crippen molar-refractivity contribution in [1.29, 1.82) is 0 Å². The van der Waals surface area contributed by atoms with Crippen LogP contribution in [0.1, 0.15) is 89.9 Å². The van der Waals surface area contributed by atoms with E-state index in [1.807, 2.05) is 0 Å². The zero-order valence-corrected chi connectivity index (χ0v) is 13.0. The molecule has 0 aliphatic heterocycles. The molecule has 1 aliphatic carbocycles. The molecule has 1 fully saturated rings. The summed E-state index contributed by atoms with van der Waals surface area (Å²) in [5, 5.41) is 9.74. The highest BCUT2D eigenvalue weighted by Gasteiger charge is 2.28. The van der Waals surface area contributed by atoms with Gasteiger partial charge in [0, 0.05) is 6.42 Å². The summed E-state index contributed by atoms with van der Waals surface area (Å²) < 4.78 is 0. The van der Waals surface area contributed by atoms with Gasteiger partial charge >= 0.3 is 0 Å². The Balaban J connectivity index is 1.69. The van der Waals surface area contributed by atoms with Gasteiger partial charge in [-0.15, -0.1) is 0 Å². The lowest BCUT2D eigenvalue weighted by molar-refractivity contribution is -0.118. The fourth-order valence-corrected chi connectivity index (χ4v) is 2.78. The molecule has 0 spiro atoms. The van der Waals surface area contributed by atoms with Crippen molar-refractivity contribution in [3.63, 3.8) is 0 Å². The van der Waals surface area contributed by atoms with Crippen molar-refractivity contribution < 1.29 is 9.90 Å². The number of hydrogen-bond donors (Lipinski definition) is 2. The monoisotopic (exact) mass is 283 g/mol. The number of carbonyl (C=O) groups is 1. The van der Waals surface area contributed by atoms with E-state index in [1.54, 1.807) is 0 Å². The molecule has 3 nitrogen and oxygen atoms in total. The van der Waals surface area contributed by atoms with Crippen LogP contribution in [0.5, 0.6) is 0 Å². The number of aliphatic hydroxyl groups is 1. The molecule has 0 bridgehead atoms. The lowest BCUT2D eigenvalue weighted by Crippen LogP contribution is -2.09. The Bertz CT molecular complexity index is 251. The number of primary amides is 1. The molecule has 0 aromatic heterocycles. The van der Waals surface area contributed by atoms with Gasteiger partial charge in [0.2, 0.25) is 5.91 Å². The average Bonchev–Trinajstić information content (AvgIpc) is 3.23. The first-order valence-electron chi connectivity index (χ1n) is 8.66. The first-order chi connectivity index (χ1) is 9.70. The summed E-state index contributed by atoms with van der Waals surface area (Å²) >= 11 is 0. The SMILES string of the molecule is NC(=O)CCCCCCCCCCCCC(O)C1CC1. The van der Waals surface area contributed by atoms with Gasteiger partial charge < -0.3 is 10.8 Å². The second-order valence-electron chi connectivity index (χ2n) is 6.45. The van der Waals surface area contributed by atoms with E-state index < -0.39 is 0 Å². The summed E-state index contributed by atoms with van der Waals surface area (Å²) in [6.07, 6.45) is 16.5. The Hall–Kier alpha value is -0.570. The molecule has 1 rings (SSSR count). The van der Waals surface area contributed by atoms with Crippen molar-refractivity contribution in [2.75, 3.05) is 0 Å². The highest BCUT2D eigenvalue weighted by molar-refractivity contribution is 5.73. The predicted molar refractivity (Wildman–Crippen MR) is 83.3 cm³/mol. The molecular formula is C17H33NO2. The third-order valence-corrected chi connectivity index (χ3v) is 4.34. The second kappa shape index (κ2) is 11.1. The second-order valence-corrected chi connectivity index (χ2v) is 6.45. The van der Waals surface area contributed by atoms with E-state index in [0.29, 0.717) is 12.3 Å². The van der Waals surface area contributed by atoms with Gasteiger partial charge in [0.25, 0.3) is 0 Å². The standard InChI is InChI=1S/C17H33NO2/c18-17(20)12-10-8-6-4-2-1-3-5-7-9-11-16(19)15-13-14-15/h15-16,19H,1-14H2,(H2,18,20). The van der Waals surface area contributed by atoms with Crippen molar-refractivity contribution in [2.45, 2.75) is 96.0 Å². The molecule has 1 unspecified atom stereocenters. The maximum Gasteiger partial charge on any atom is 0.217 e. The quantitative estimate of drug-likeness (QED) is 0.474. The van der Waals surface area contributed by atoms with Crippen LogP contribution in [0.3, 0.4) is 0 Å². The third kappa shape index (κ3) is 10.2. The summed E-state index contributed by atoms with van der Waals surface area (Å²) in [5.74, 6) is 0.473. The molecule has 1 aliphatic rings. The average molecular weight is 283 g/mol. The molecule has 0 heterocycles. The molecule has 0 saturated heterocycles. The van der Waals surface area contributed by atoms with Crippen LogP contribution >= 0.6 is 0 Å². The zero-order chi connectivity index (χ0) is 14.6. The molecule has 0 aromatic carbocycles. The Morgan fingerprint density at radius 3 is 1.80 bits per heavy atom. The minimum absolute atomic E-state index is 0.00426. The topological polar surface area (TPSA) is 63.3 Å². The number of carbonyl (C=O) groups excluding carboxylic acids is 1. The van der Waals surface area contributed by atoms with Crippen LogP contribution in [-0.4, -0.2) is 17.1 Å². The first-order valence-corrected chi connectivity index (χ1v) is 8.66. The molecule has 3 heteroatoms. The number of hydrogen-bond acceptors (Lipinski definition) is 2. The summed E-state index contributed by atoms with van der Waals surface area (Å²) in [7, 11) is 0. The fourth-order valence-electron chi connectivity index (χ4n) is 2.78. The Morgan fingerprint density at radius 2 is 1.35 bits per heavy atom. The maximum atomic E-state index is 10.5. The van der Waals surface area contributed by atoms with Crippen LogP contribution in [0.15, 0.2) is 0 Å². The van der Waals surface area contributed by atoms with Gasteiger partial charge in [-0.25, -0.2) is 0 Å². The van der Waals surface area contributed by atoms with Crippen molar-refractivity contribution >= 4 is 5.91 Å². The molecule has 1 saturated carbocycles. The van der Waals surface area contributed by atoms with Gasteiger partial charge in [-0.1, -0.05) is 57.8 Å². The Labute approximate surface area is 124 Å². The van der Waals surface area contributed by atoms with Gasteiger partial charge in [-0.3, -0.25) is 4.79 Å². The fraction of sp³-hybridized carbons (Fsp3) is 0.941. The van der Waals surface area contributed by atoms with Crippen LogP contribution < -0.4 is 5.73 Å². The number of amides is 1. The number of nitrogens with two attached hydrogens (primary N) is 1. The van der Waals surface area contributed by atoms with E-state index >= 15 is 0 Å². The van der Waals surface area contributed by atoms with Crippen LogP contribution in [0.25, 0.3) is 0 Å². The molecule has 0 aromatic rings. The summed E-state index contributed by atoms with van der Waals surface area (Å²) in [5.41, 5.74) is 5.10. The number of unbranched alkanes of at least 4 members (excludes halogenated alkanes) is 9. The Kier molecular flexibility index (Phi) is 9.73. The highest BCUT2D eigenvalue weighted by atomic mass is 16.3. The summed E-state index contributed by atoms with van der Waals surface area (Å²) in [4.78, 5) is 10.5. The molecule has 1 amide bonds. The molecule has 0 radical (unpaired) electrons.